The minimum absolute atomic E-state index is 0.522. The largest absolute Gasteiger partial charge is 0.321 e. The van der Waals surface area contributed by atoms with Crippen LogP contribution in [0.25, 0.3) is 0 Å². The van der Waals surface area contributed by atoms with E-state index in [4.69, 9.17) is 5.26 Å². The molecule has 0 saturated heterocycles. The van der Waals surface area contributed by atoms with Crippen molar-refractivity contribution >= 4 is 25.8 Å². The van der Waals surface area contributed by atoms with Crippen molar-refractivity contribution < 1.29 is 13.2 Å². The molecule has 56 valence electrons. The van der Waals surface area contributed by atoms with Crippen LogP contribution in [-0.4, -0.2) is 14.3 Å². The van der Waals surface area contributed by atoms with E-state index in [0.29, 0.717) is 0 Å². The van der Waals surface area contributed by atoms with Crippen molar-refractivity contribution in [3.05, 3.63) is 0 Å². The van der Waals surface area contributed by atoms with Gasteiger partial charge in [0.05, 0.1) is 6.07 Å². The molecule has 10 heavy (non-hydrogen) atoms. The third kappa shape index (κ3) is 5.34. The molecule has 0 aromatic rings. The van der Waals surface area contributed by atoms with Gasteiger partial charge in [0.15, 0.2) is 0 Å². The average Bonchev–Trinajstić information content (AvgIpc) is 1.59. The molecule has 0 aliphatic heterocycles. The highest BCUT2D eigenvalue weighted by atomic mass is 35.7. The summed E-state index contributed by atoms with van der Waals surface area (Å²) < 4.78 is 21.5. The van der Waals surface area contributed by atoms with Gasteiger partial charge in [-0.05, 0) is 0 Å². The van der Waals surface area contributed by atoms with Crippen LogP contribution in [0.1, 0.15) is 6.42 Å². The monoisotopic (exact) mass is 182 g/mol. The molecule has 0 heterocycles. The molecule has 7 heteroatoms. The molecule has 0 fully saturated rings. The number of carbonyl (C=O) groups excluding carboxylic acids is 1. The lowest BCUT2D eigenvalue weighted by molar-refractivity contribution is -0.118. The topological polar surface area (TPSA) is 87.0 Å². The van der Waals surface area contributed by atoms with E-state index in [-0.39, 0.29) is 0 Å². The standard InChI is InChI=1S/C3H3ClN2O3S/c4-10(8,9)6-3(7)1-2-5/h1H2,(H,6,7). The van der Waals surface area contributed by atoms with Gasteiger partial charge in [-0.25, -0.2) is 4.72 Å². The van der Waals surface area contributed by atoms with Gasteiger partial charge in [0.25, 0.3) is 0 Å². The first-order valence-electron chi connectivity index (χ1n) is 2.08. The second-order valence-electron chi connectivity index (χ2n) is 1.30. The molecule has 1 amide bonds. The molecule has 0 aromatic carbocycles. The molecule has 1 N–H and O–H groups in total. The summed E-state index contributed by atoms with van der Waals surface area (Å²) in [5, 5.41) is 7.88. The summed E-state index contributed by atoms with van der Waals surface area (Å²) in [6.07, 6.45) is -0.522. The van der Waals surface area contributed by atoms with Gasteiger partial charge < -0.3 is 0 Å². The number of amides is 1. The van der Waals surface area contributed by atoms with Gasteiger partial charge >= 0.3 is 9.24 Å². The summed E-state index contributed by atoms with van der Waals surface area (Å²) in [6, 6.07) is 1.45. The first-order valence-corrected chi connectivity index (χ1v) is 4.39. The lowest BCUT2D eigenvalue weighted by atomic mass is 10.5. The summed E-state index contributed by atoms with van der Waals surface area (Å²) >= 11 is 0. The molecule has 0 aromatic heterocycles. The van der Waals surface area contributed by atoms with E-state index < -0.39 is 21.6 Å². The van der Waals surface area contributed by atoms with E-state index in [2.05, 4.69) is 10.7 Å². The van der Waals surface area contributed by atoms with Crippen molar-refractivity contribution in [1.29, 1.82) is 5.26 Å². The molecule has 0 bridgehead atoms. The van der Waals surface area contributed by atoms with Crippen LogP contribution in [0.2, 0.25) is 0 Å². The number of rotatable bonds is 2. The first-order chi connectivity index (χ1) is 4.45. The highest BCUT2D eigenvalue weighted by Gasteiger charge is 2.08. The van der Waals surface area contributed by atoms with Crippen LogP contribution in [-0.2, 0) is 14.0 Å². The van der Waals surface area contributed by atoms with Crippen LogP contribution < -0.4 is 4.72 Å². The molecule has 0 unspecified atom stereocenters. The molecule has 0 spiro atoms. The number of carbonyl (C=O) groups is 1. The minimum Gasteiger partial charge on any atom is -0.273 e. The lowest BCUT2D eigenvalue weighted by Crippen LogP contribution is -2.25. The summed E-state index contributed by atoms with van der Waals surface area (Å²) in [5.74, 6) is -0.933. The zero-order valence-electron chi connectivity index (χ0n) is 4.67. The Labute approximate surface area is 62.1 Å². The molecular formula is C3H3ClN2O3S. The Balaban J connectivity index is 3.97. The van der Waals surface area contributed by atoms with Crippen LogP contribution in [0.3, 0.4) is 0 Å². The highest BCUT2D eigenvalue weighted by Crippen LogP contribution is 1.89. The fraction of sp³-hybridized carbons (Fsp3) is 0.333. The van der Waals surface area contributed by atoms with Gasteiger partial charge in [0.1, 0.15) is 6.42 Å². The van der Waals surface area contributed by atoms with Crippen molar-refractivity contribution in [3.63, 3.8) is 0 Å². The van der Waals surface area contributed by atoms with Crippen molar-refractivity contribution in [2.24, 2.45) is 0 Å². The average molecular weight is 183 g/mol. The van der Waals surface area contributed by atoms with Gasteiger partial charge in [-0.15, -0.1) is 0 Å². The maximum atomic E-state index is 10.3. The Kier molecular flexibility index (Phi) is 3.12. The van der Waals surface area contributed by atoms with Gasteiger partial charge in [0.2, 0.25) is 5.91 Å². The third-order valence-corrected chi connectivity index (χ3v) is 1.18. The minimum atomic E-state index is -4.02. The van der Waals surface area contributed by atoms with Crippen molar-refractivity contribution in [1.82, 2.24) is 4.72 Å². The molecule has 0 rings (SSSR count). The number of nitriles is 1. The van der Waals surface area contributed by atoms with E-state index in [1.165, 1.54) is 10.8 Å². The molecule has 0 aliphatic rings. The normalized spacial score (nSPS) is 10.0. The first kappa shape index (κ1) is 9.20. The number of nitrogens with one attached hydrogen (secondary N) is 1. The van der Waals surface area contributed by atoms with E-state index in [9.17, 15) is 13.2 Å². The van der Waals surface area contributed by atoms with Crippen molar-refractivity contribution in [2.75, 3.05) is 0 Å². The Morgan fingerprint density at radius 2 is 2.20 bits per heavy atom. The smallest absolute Gasteiger partial charge is 0.273 e. The van der Waals surface area contributed by atoms with E-state index in [1.807, 2.05) is 0 Å². The maximum absolute atomic E-state index is 10.3. The molecule has 0 aliphatic carbocycles. The number of halogens is 1. The molecule has 0 saturated carbocycles. The fourth-order valence-corrected chi connectivity index (χ4v) is 0.846. The summed E-state index contributed by atoms with van der Waals surface area (Å²) in [6.45, 7) is 0. The van der Waals surface area contributed by atoms with E-state index >= 15 is 0 Å². The Bertz CT molecular complexity index is 264. The number of hydrogen-bond donors (Lipinski definition) is 1. The van der Waals surface area contributed by atoms with Gasteiger partial charge in [-0.1, -0.05) is 0 Å². The van der Waals surface area contributed by atoms with Gasteiger partial charge in [-0.3, -0.25) is 4.79 Å². The van der Waals surface area contributed by atoms with Crippen LogP contribution in [0.4, 0.5) is 0 Å². The van der Waals surface area contributed by atoms with Gasteiger partial charge in [-0.2, -0.15) is 13.7 Å². The van der Waals surface area contributed by atoms with Gasteiger partial charge in [0, 0.05) is 10.7 Å². The van der Waals surface area contributed by atoms with Crippen molar-refractivity contribution in [2.45, 2.75) is 6.42 Å². The maximum Gasteiger partial charge on any atom is 0.321 e. The Hall–Kier alpha value is -0.800. The molecule has 5 nitrogen and oxygen atoms in total. The van der Waals surface area contributed by atoms with E-state index in [1.54, 1.807) is 0 Å². The summed E-state index contributed by atoms with van der Waals surface area (Å²) in [7, 11) is 0.571. The summed E-state index contributed by atoms with van der Waals surface area (Å²) in [4.78, 5) is 10.3. The fourth-order valence-electron chi connectivity index (χ4n) is 0.244. The molecule has 0 atom stereocenters. The number of nitrogens with zero attached hydrogens (tertiary/aromatic N) is 1. The van der Waals surface area contributed by atoms with Crippen LogP contribution >= 0.6 is 10.7 Å². The molecule has 0 radical (unpaired) electrons. The van der Waals surface area contributed by atoms with Crippen LogP contribution in [0.15, 0.2) is 0 Å². The van der Waals surface area contributed by atoms with Crippen LogP contribution in [0.5, 0.6) is 0 Å². The zero-order valence-corrected chi connectivity index (χ0v) is 6.24. The SMILES string of the molecule is N#CCC(=O)NS(=O)(=O)Cl. The quantitative estimate of drug-likeness (QED) is 0.584. The summed E-state index contributed by atoms with van der Waals surface area (Å²) in [5.41, 5.74) is 0. The predicted octanol–water partition coefficient (Wildman–Crippen LogP) is -0.500. The molecular weight excluding hydrogens is 180 g/mol. The third-order valence-electron chi connectivity index (χ3n) is 0.475. The lowest BCUT2D eigenvalue weighted by Gasteiger charge is -1.93. The highest BCUT2D eigenvalue weighted by molar-refractivity contribution is 8.12. The zero-order chi connectivity index (χ0) is 8.20. The second kappa shape index (κ2) is 3.39. The van der Waals surface area contributed by atoms with E-state index in [0.717, 1.165) is 0 Å². The predicted molar refractivity (Wildman–Crippen MR) is 33.1 cm³/mol. The Morgan fingerprint density at radius 3 is 2.50 bits per heavy atom. The van der Waals surface area contributed by atoms with Crippen molar-refractivity contribution in [3.8, 4) is 6.07 Å². The Morgan fingerprint density at radius 1 is 1.70 bits per heavy atom. The van der Waals surface area contributed by atoms with Crippen LogP contribution in [0, 0.1) is 11.3 Å². The number of hydrogen-bond acceptors (Lipinski definition) is 4. The second-order valence-corrected chi connectivity index (χ2v) is 3.60.